The lowest BCUT2D eigenvalue weighted by Crippen LogP contribution is -2.30. The highest BCUT2D eigenvalue weighted by atomic mass is 32.3. The Hall–Kier alpha value is -4.47. The van der Waals surface area contributed by atoms with Crippen LogP contribution in [0.1, 0.15) is 25.0 Å². The molecular weight excluding hydrogens is 620 g/mol. The molecule has 0 atom stereocenters. The molecule has 4 rings (SSSR count). The van der Waals surface area contributed by atoms with Gasteiger partial charge in [0, 0.05) is 47.8 Å². The van der Waals surface area contributed by atoms with Crippen molar-refractivity contribution in [2.45, 2.75) is 27.7 Å². The first-order chi connectivity index (χ1) is 22.4. The van der Waals surface area contributed by atoms with Gasteiger partial charge >= 0.3 is 22.3 Å². The van der Waals surface area contributed by atoms with Crippen LogP contribution in [0.3, 0.4) is 0 Å². The van der Waals surface area contributed by atoms with E-state index in [4.69, 9.17) is 8.37 Å². The number of azo groups is 2. The van der Waals surface area contributed by atoms with Gasteiger partial charge in [0.1, 0.15) is 11.4 Å². The number of aromatic nitrogens is 4. The predicted octanol–water partition coefficient (Wildman–Crippen LogP) is 5.09. The second-order valence-electron chi connectivity index (χ2n) is 11.2. The van der Waals surface area contributed by atoms with E-state index in [0.29, 0.717) is 26.2 Å². The molecule has 252 valence electrons. The van der Waals surface area contributed by atoms with E-state index < -0.39 is 10.4 Å². The van der Waals surface area contributed by atoms with Crippen molar-refractivity contribution >= 4 is 45.0 Å². The van der Waals surface area contributed by atoms with E-state index in [9.17, 15) is 8.42 Å². The number of nitrogens with zero attached hydrogens (tertiary/aromatic N) is 10. The van der Waals surface area contributed by atoms with Crippen molar-refractivity contribution in [2.24, 2.45) is 48.6 Å². The van der Waals surface area contributed by atoms with Crippen LogP contribution in [0.2, 0.25) is 0 Å². The van der Waals surface area contributed by atoms with Crippen LogP contribution in [0, 0.1) is 13.8 Å². The minimum absolute atomic E-state index is 0.0475. The van der Waals surface area contributed by atoms with Crippen molar-refractivity contribution in [3.05, 3.63) is 72.3 Å². The lowest BCUT2D eigenvalue weighted by molar-refractivity contribution is -0.657. The third-order valence-electron chi connectivity index (χ3n) is 7.82. The third-order valence-corrected chi connectivity index (χ3v) is 8.73. The van der Waals surface area contributed by atoms with Gasteiger partial charge in [0.05, 0.1) is 66.2 Å². The summed E-state index contributed by atoms with van der Waals surface area (Å²) in [5.41, 5.74) is 5.29. The van der Waals surface area contributed by atoms with Gasteiger partial charge in [0.25, 0.3) is 0 Å². The zero-order chi connectivity index (χ0) is 34.1. The van der Waals surface area contributed by atoms with Gasteiger partial charge in [-0.25, -0.2) is 26.6 Å². The summed E-state index contributed by atoms with van der Waals surface area (Å²) in [6, 6.07) is 11.7. The van der Waals surface area contributed by atoms with E-state index >= 15 is 0 Å². The average Bonchev–Trinajstić information content (AvgIpc) is 3.54. The zero-order valence-corrected chi connectivity index (χ0v) is 29.3. The molecule has 2 heterocycles. The Morgan fingerprint density at radius 3 is 1.43 bits per heavy atom. The number of rotatable bonds is 16. The summed E-state index contributed by atoms with van der Waals surface area (Å²) in [6.07, 6.45) is 7.67. The predicted molar refractivity (Wildman–Crippen MR) is 180 cm³/mol. The summed E-state index contributed by atoms with van der Waals surface area (Å²) < 4.78 is 43.0. The van der Waals surface area contributed by atoms with Crippen molar-refractivity contribution in [1.29, 1.82) is 0 Å². The molecule has 0 saturated heterocycles. The minimum Gasteiger partial charge on any atom is -0.369 e. The van der Waals surface area contributed by atoms with Crippen LogP contribution < -0.4 is 18.9 Å². The summed E-state index contributed by atoms with van der Waals surface area (Å²) >= 11 is 0. The lowest BCUT2D eigenvalue weighted by Gasteiger charge is -2.24. The molecule has 0 aliphatic rings. The molecule has 2 aromatic carbocycles. The molecular formula is C32H46N10O4S+2. The number of anilines is 2. The molecule has 0 aliphatic carbocycles. The first-order valence-electron chi connectivity index (χ1n) is 15.5. The van der Waals surface area contributed by atoms with Gasteiger partial charge in [-0.05, 0) is 75.2 Å². The fourth-order valence-corrected chi connectivity index (χ4v) is 5.64. The van der Waals surface area contributed by atoms with Crippen molar-refractivity contribution in [3.63, 3.8) is 0 Å². The molecule has 4 aromatic rings. The molecule has 14 nitrogen and oxygen atoms in total. The highest BCUT2D eigenvalue weighted by molar-refractivity contribution is 7.81. The van der Waals surface area contributed by atoms with Gasteiger partial charge in [-0.3, -0.25) is 0 Å². The van der Waals surface area contributed by atoms with E-state index in [1.54, 1.807) is 0 Å². The van der Waals surface area contributed by atoms with E-state index in [1.165, 1.54) is 0 Å². The highest BCUT2D eigenvalue weighted by Gasteiger charge is 2.17. The maximum absolute atomic E-state index is 12.5. The van der Waals surface area contributed by atoms with Crippen molar-refractivity contribution in [2.75, 3.05) is 49.2 Å². The monoisotopic (exact) mass is 666 g/mol. The summed E-state index contributed by atoms with van der Waals surface area (Å²) in [4.78, 5) is 4.07. The molecule has 0 N–H and O–H groups in total. The smallest absolute Gasteiger partial charge is 0.369 e. The molecule has 0 saturated carbocycles. The number of hydrogen-bond acceptors (Lipinski definition) is 10. The normalized spacial score (nSPS) is 12.1. The maximum Gasteiger partial charge on any atom is 0.421 e. The van der Waals surface area contributed by atoms with Crippen LogP contribution in [-0.4, -0.2) is 56.9 Å². The van der Waals surface area contributed by atoms with Crippen LogP contribution in [0.5, 0.6) is 0 Å². The molecule has 0 radical (unpaired) electrons. The fourth-order valence-electron chi connectivity index (χ4n) is 5.01. The Morgan fingerprint density at radius 2 is 1.11 bits per heavy atom. The zero-order valence-electron chi connectivity index (χ0n) is 28.5. The molecule has 0 bridgehead atoms. The summed E-state index contributed by atoms with van der Waals surface area (Å²) in [7, 11) is 3.49. The number of imidazole rings is 2. The molecule has 47 heavy (non-hydrogen) atoms. The van der Waals surface area contributed by atoms with Crippen molar-refractivity contribution in [3.8, 4) is 0 Å². The molecule has 0 aliphatic heterocycles. The first-order valence-corrected chi connectivity index (χ1v) is 16.9. The quantitative estimate of drug-likeness (QED) is 0.121. The molecule has 15 heteroatoms. The summed E-state index contributed by atoms with van der Waals surface area (Å²) in [5.74, 6) is 1.46. The topological polar surface area (TPSA) is 126 Å². The Balaban J connectivity index is 1.27. The molecule has 0 spiro atoms. The Labute approximate surface area is 277 Å². The molecule has 0 unspecified atom stereocenters. The lowest BCUT2D eigenvalue weighted by atomic mass is 10.1. The summed E-state index contributed by atoms with van der Waals surface area (Å²) in [5, 5.41) is 17.6. The summed E-state index contributed by atoms with van der Waals surface area (Å²) in [6.45, 7) is 9.92. The van der Waals surface area contributed by atoms with E-state index in [0.717, 1.165) is 45.8 Å². The Morgan fingerprint density at radius 1 is 0.702 bits per heavy atom. The number of hydrogen-bond donors (Lipinski definition) is 0. The average molecular weight is 667 g/mol. The van der Waals surface area contributed by atoms with Gasteiger partial charge in [-0.2, -0.15) is 8.42 Å². The van der Waals surface area contributed by atoms with Crippen LogP contribution in [-0.2, 0) is 47.0 Å². The Bertz CT molecular complexity index is 1670. The first kappa shape index (κ1) is 35.4. The minimum atomic E-state index is -4.17. The van der Waals surface area contributed by atoms with Crippen LogP contribution in [0.25, 0.3) is 0 Å². The van der Waals surface area contributed by atoms with Gasteiger partial charge in [-0.1, -0.05) is 10.2 Å². The van der Waals surface area contributed by atoms with Crippen LogP contribution in [0.15, 0.2) is 81.6 Å². The highest BCUT2D eigenvalue weighted by Crippen LogP contribution is 2.27. The SMILES string of the molecule is CCN(CCOS(=O)(=O)OCCN(CC)c1ccc(/N=N/c2n(C)cc[n+]2C)c(C)c1)c1ccc(/N=N/c2n(C)cc[n+]2C)c(C)c1. The molecule has 0 amide bonds. The van der Waals surface area contributed by atoms with E-state index in [2.05, 4.69) is 20.5 Å². The van der Waals surface area contributed by atoms with E-state index in [1.807, 2.05) is 145 Å². The number of aryl methyl sites for hydroxylation is 6. The van der Waals surface area contributed by atoms with E-state index in [-0.39, 0.29) is 13.2 Å². The van der Waals surface area contributed by atoms with Gasteiger partial charge in [0.2, 0.25) is 0 Å². The largest absolute Gasteiger partial charge is 0.421 e. The second kappa shape index (κ2) is 15.9. The standard InChI is InChI=1S/C32H46N10O4S/c1-9-41(27-11-13-29(25(3)23-27)33-35-31-37(5)15-16-38(31)6)19-21-45-47(43,44)46-22-20-42(10-2)28-12-14-30(26(4)24-28)34-36-32-39(7)17-18-40(32)8/h11-18,23-24H,9-10,19-22H2,1-8H3/q+2. The van der Waals surface area contributed by atoms with Gasteiger partial charge in [-0.15, -0.1) is 0 Å². The Kier molecular flexibility index (Phi) is 12.0. The van der Waals surface area contributed by atoms with Gasteiger partial charge in [0.15, 0.2) is 0 Å². The molecule has 0 fully saturated rings. The van der Waals surface area contributed by atoms with Crippen LogP contribution >= 0.6 is 0 Å². The maximum atomic E-state index is 12.5. The molecule has 2 aromatic heterocycles. The van der Waals surface area contributed by atoms with Crippen LogP contribution in [0.4, 0.5) is 34.6 Å². The van der Waals surface area contributed by atoms with Crippen molar-refractivity contribution < 1.29 is 25.9 Å². The second-order valence-corrected chi connectivity index (χ2v) is 12.5. The van der Waals surface area contributed by atoms with Gasteiger partial charge < -0.3 is 9.80 Å². The number of likely N-dealkylation sites (N-methyl/N-ethyl adjacent to an activating group) is 2. The number of benzene rings is 2. The van der Waals surface area contributed by atoms with Crippen molar-refractivity contribution in [1.82, 2.24) is 9.13 Å². The fraction of sp³-hybridized carbons (Fsp3) is 0.438. The third kappa shape index (κ3) is 9.30.